The van der Waals surface area contributed by atoms with Crippen LogP contribution in [-0.2, 0) is 27.0 Å². The molecule has 1 amide bonds. The van der Waals surface area contributed by atoms with Gasteiger partial charge in [0.2, 0.25) is 15.9 Å². The van der Waals surface area contributed by atoms with E-state index in [0.717, 1.165) is 42.6 Å². The molecule has 3 rings (SSSR count). The molecular weight excluding hydrogens is 348 g/mol. The van der Waals surface area contributed by atoms with Crippen LogP contribution in [0.4, 0.5) is 5.69 Å². The average molecular weight is 372 g/mol. The highest BCUT2D eigenvalue weighted by molar-refractivity contribution is 7.91. The van der Waals surface area contributed by atoms with Gasteiger partial charge in [0.15, 0.2) is 0 Å². The molecule has 1 N–H and O–H groups in total. The van der Waals surface area contributed by atoms with Gasteiger partial charge in [0, 0.05) is 18.8 Å². The number of benzene rings is 2. The second kappa shape index (κ2) is 7.91. The van der Waals surface area contributed by atoms with Crippen molar-refractivity contribution in [2.24, 2.45) is 0 Å². The zero-order valence-corrected chi connectivity index (χ0v) is 15.8. The fourth-order valence-electron chi connectivity index (χ4n) is 3.06. The van der Waals surface area contributed by atoms with Gasteiger partial charge in [-0.05, 0) is 43.0 Å². The summed E-state index contributed by atoms with van der Waals surface area (Å²) in [6.45, 7) is 3.65. The van der Waals surface area contributed by atoms with E-state index in [2.05, 4.69) is 4.72 Å². The Balaban J connectivity index is 1.59. The molecule has 0 saturated carbocycles. The van der Waals surface area contributed by atoms with E-state index in [4.69, 9.17) is 0 Å². The summed E-state index contributed by atoms with van der Waals surface area (Å²) in [6.07, 6.45) is 2.51. The smallest absolute Gasteiger partial charge is 0.236 e. The number of anilines is 1. The standard InChI is InChI=1S/C20H24N2O3S/c1-16-4-6-18(7-5-16)15-26(24,25)21-19-10-8-17(9-11-19)14-20(23)22-12-2-3-13-22/h4-11,21H,2-3,12-15H2,1H3. The second-order valence-corrected chi connectivity index (χ2v) is 8.53. The highest BCUT2D eigenvalue weighted by Crippen LogP contribution is 2.16. The summed E-state index contributed by atoms with van der Waals surface area (Å²) >= 11 is 0. The van der Waals surface area contributed by atoms with E-state index < -0.39 is 10.0 Å². The minimum absolute atomic E-state index is 0.0670. The molecule has 2 aromatic carbocycles. The summed E-state index contributed by atoms with van der Waals surface area (Å²) in [5.41, 5.74) is 3.24. The maximum Gasteiger partial charge on any atom is 0.236 e. The number of likely N-dealkylation sites (tertiary alicyclic amines) is 1. The third-order valence-electron chi connectivity index (χ3n) is 4.52. The lowest BCUT2D eigenvalue weighted by Crippen LogP contribution is -2.29. The molecule has 0 spiro atoms. The molecule has 1 heterocycles. The minimum Gasteiger partial charge on any atom is -0.342 e. The zero-order valence-electron chi connectivity index (χ0n) is 14.9. The lowest BCUT2D eigenvalue weighted by molar-refractivity contribution is -0.129. The first kappa shape index (κ1) is 18.5. The van der Waals surface area contributed by atoms with Gasteiger partial charge in [0.05, 0.1) is 12.2 Å². The summed E-state index contributed by atoms with van der Waals surface area (Å²) < 4.78 is 27.2. The van der Waals surface area contributed by atoms with Crippen molar-refractivity contribution in [3.63, 3.8) is 0 Å². The molecule has 0 bridgehead atoms. The van der Waals surface area contributed by atoms with E-state index in [1.165, 1.54) is 0 Å². The Labute approximate surface area is 155 Å². The molecule has 1 aliphatic rings. The first-order valence-electron chi connectivity index (χ1n) is 8.84. The van der Waals surface area contributed by atoms with Gasteiger partial charge in [-0.15, -0.1) is 0 Å². The number of nitrogens with one attached hydrogen (secondary N) is 1. The molecule has 26 heavy (non-hydrogen) atoms. The average Bonchev–Trinajstić information content (AvgIpc) is 3.13. The van der Waals surface area contributed by atoms with Crippen LogP contribution >= 0.6 is 0 Å². The molecule has 1 aliphatic heterocycles. The van der Waals surface area contributed by atoms with Crippen LogP contribution in [0.25, 0.3) is 0 Å². The fourth-order valence-corrected chi connectivity index (χ4v) is 4.26. The molecule has 0 unspecified atom stereocenters. The number of nitrogens with zero attached hydrogens (tertiary/aromatic N) is 1. The van der Waals surface area contributed by atoms with Crippen molar-refractivity contribution in [1.82, 2.24) is 4.90 Å². The normalized spacial score (nSPS) is 14.4. The minimum atomic E-state index is -3.47. The molecular formula is C20H24N2O3S. The lowest BCUT2D eigenvalue weighted by atomic mass is 10.1. The summed E-state index contributed by atoms with van der Waals surface area (Å²) in [5.74, 6) is 0.0675. The van der Waals surface area contributed by atoms with Crippen LogP contribution in [0.3, 0.4) is 0 Å². The van der Waals surface area contributed by atoms with Gasteiger partial charge in [-0.3, -0.25) is 9.52 Å². The van der Waals surface area contributed by atoms with Gasteiger partial charge in [0.1, 0.15) is 0 Å². The Morgan fingerprint density at radius 3 is 2.15 bits per heavy atom. The van der Waals surface area contributed by atoms with Crippen molar-refractivity contribution < 1.29 is 13.2 Å². The highest BCUT2D eigenvalue weighted by Gasteiger charge is 2.18. The molecule has 138 valence electrons. The van der Waals surface area contributed by atoms with E-state index in [9.17, 15) is 13.2 Å². The number of aryl methyl sites for hydroxylation is 1. The van der Waals surface area contributed by atoms with Crippen LogP contribution in [0.5, 0.6) is 0 Å². The summed E-state index contributed by atoms with van der Waals surface area (Å²) in [4.78, 5) is 14.1. The fraction of sp³-hybridized carbons (Fsp3) is 0.350. The summed E-state index contributed by atoms with van der Waals surface area (Å²) in [7, 11) is -3.47. The predicted octanol–water partition coefficient (Wildman–Crippen LogP) is 3.10. The molecule has 1 saturated heterocycles. The molecule has 0 aliphatic carbocycles. The van der Waals surface area contributed by atoms with E-state index in [0.29, 0.717) is 12.1 Å². The number of hydrogen-bond donors (Lipinski definition) is 1. The van der Waals surface area contributed by atoms with Crippen molar-refractivity contribution in [1.29, 1.82) is 0 Å². The first-order valence-corrected chi connectivity index (χ1v) is 10.5. The number of amides is 1. The third kappa shape index (κ3) is 5.08. The van der Waals surface area contributed by atoms with Crippen molar-refractivity contribution >= 4 is 21.6 Å². The number of hydrogen-bond acceptors (Lipinski definition) is 3. The van der Waals surface area contributed by atoms with Crippen molar-refractivity contribution in [3.8, 4) is 0 Å². The monoisotopic (exact) mass is 372 g/mol. The Bertz CT molecular complexity index is 853. The van der Waals surface area contributed by atoms with Gasteiger partial charge < -0.3 is 4.90 Å². The first-order chi connectivity index (χ1) is 12.4. The maximum atomic E-state index is 12.3. The molecule has 0 radical (unpaired) electrons. The quantitative estimate of drug-likeness (QED) is 0.847. The lowest BCUT2D eigenvalue weighted by Gasteiger charge is -2.15. The van der Waals surface area contributed by atoms with Crippen LogP contribution in [0.1, 0.15) is 29.5 Å². The second-order valence-electron chi connectivity index (χ2n) is 6.81. The van der Waals surface area contributed by atoms with E-state index in [1.807, 2.05) is 36.1 Å². The summed E-state index contributed by atoms with van der Waals surface area (Å²) in [5, 5.41) is 0. The number of sulfonamides is 1. The number of carbonyl (C=O) groups is 1. The van der Waals surface area contributed by atoms with Gasteiger partial charge in [-0.25, -0.2) is 8.42 Å². The third-order valence-corrected chi connectivity index (χ3v) is 5.78. The topological polar surface area (TPSA) is 66.5 Å². The number of carbonyl (C=O) groups excluding carboxylic acids is 1. The van der Waals surface area contributed by atoms with Crippen molar-refractivity contribution in [2.75, 3.05) is 17.8 Å². The molecule has 1 fully saturated rings. The van der Waals surface area contributed by atoms with Crippen LogP contribution in [0, 0.1) is 6.92 Å². The zero-order chi connectivity index (χ0) is 18.6. The molecule has 6 heteroatoms. The van der Waals surface area contributed by atoms with Crippen LogP contribution in [0.2, 0.25) is 0 Å². The molecule has 0 atom stereocenters. The Hall–Kier alpha value is -2.34. The highest BCUT2D eigenvalue weighted by atomic mass is 32.2. The number of rotatable bonds is 6. The predicted molar refractivity (Wildman–Crippen MR) is 103 cm³/mol. The van der Waals surface area contributed by atoms with E-state index >= 15 is 0 Å². The van der Waals surface area contributed by atoms with Gasteiger partial charge in [-0.1, -0.05) is 42.0 Å². The van der Waals surface area contributed by atoms with Crippen LogP contribution in [-0.4, -0.2) is 32.3 Å². The van der Waals surface area contributed by atoms with Gasteiger partial charge in [-0.2, -0.15) is 0 Å². The van der Waals surface area contributed by atoms with E-state index in [1.54, 1.807) is 24.3 Å². The molecule has 0 aromatic heterocycles. The molecule has 5 nitrogen and oxygen atoms in total. The van der Waals surface area contributed by atoms with Gasteiger partial charge >= 0.3 is 0 Å². The van der Waals surface area contributed by atoms with Crippen molar-refractivity contribution in [3.05, 3.63) is 65.2 Å². The largest absolute Gasteiger partial charge is 0.342 e. The maximum absolute atomic E-state index is 12.3. The Kier molecular flexibility index (Phi) is 5.61. The summed E-state index contributed by atoms with van der Waals surface area (Å²) in [6, 6.07) is 14.5. The van der Waals surface area contributed by atoms with Crippen molar-refractivity contribution in [2.45, 2.75) is 31.9 Å². The SMILES string of the molecule is Cc1ccc(CS(=O)(=O)Nc2ccc(CC(=O)N3CCCC3)cc2)cc1. The van der Waals surface area contributed by atoms with Gasteiger partial charge in [0.25, 0.3) is 0 Å². The van der Waals surface area contributed by atoms with Crippen LogP contribution < -0.4 is 4.72 Å². The Morgan fingerprint density at radius 2 is 1.54 bits per heavy atom. The van der Waals surface area contributed by atoms with Crippen LogP contribution in [0.15, 0.2) is 48.5 Å². The molecule has 2 aromatic rings. The Morgan fingerprint density at radius 1 is 0.962 bits per heavy atom. The van der Waals surface area contributed by atoms with E-state index in [-0.39, 0.29) is 11.7 Å².